The summed E-state index contributed by atoms with van der Waals surface area (Å²) in [6.45, 7) is 4.63. The molecule has 2 fully saturated rings. The molecule has 1 spiro atoms. The Balaban J connectivity index is 1.65. The predicted octanol–water partition coefficient (Wildman–Crippen LogP) is 2.15. The van der Waals surface area contributed by atoms with E-state index in [1.807, 2.05) is 30.3 Å². The van der Waals surface area contributed by atoms with Crippen LogP contribution in [0.4, 0.5) is 0 Å². The molecule has 3 rings (SSSR count). The van der Waals surface area contributed by atoms with Gasteiger partial charge in [0, 0.05) is 19.6 Å². The Morgan fingerprint density at radius 2 is 2.03 bits per heavy atom. The van der Waals surface area contributed by atoms with E-state index in [0.29, 0.717) is 38.8 Å². The van der Waals surface area contributed by atoms with E-state index in [9.17, 15) is 19.5 Å². The third kappa shape index (κ3) is 5.86. The number of carboxylic acids is 1. The number of rotatable bonds is 9. The summed E-state index contributed by atoms with van der Waals surface area (Å²) in [4.78, 5) is 39.1. The lowest BCUT2D eigenvalue weighted by Crippen LogP contribution is -2.60. The number of carbonyl (C=O) groups is 3. The van der Waals surface area contributed by atoms with E-state index in [1.54, 1.807) is 13.8 Å². The number of benzene rings is 1. The summed E-state index contributed by atoms with van der Waals surface area (Å²) in [5, 5.41) is 12.9. The van der Waals surface area contributed by atoms with Crippen molar-refractivity contribution in [1.29, 1.82) is 0 Å². The first-order valence-corrected chi connectivity index (χ1v) is 11.5. The fourth-order valence-electron chi connectivity index (χ4n) is 4.73. The summed E-state index contributed by atoms with van der Waals surface area (Å²) >= 11 is 0. The molecule has 0 aliphatic carbocycles. The molecule has 1 amide bonds. The maximum atomic E-state index is 13.2. The van der Waals surface area contributed by atoms with Crippen LogP contribution in [0.3, 0.4) is 0 Å². The summed E-state index contributed by atoms with van der Waals surface area (Å²) in [5.41, 5.74) is 0.658. The summed E-state index contributed by atoms with van der Waals surface area (Å²) in [6.07, 6.45) is 3.80. The molecule has 2 unspecified atom stereocenters. The van der Waals surface area contributed by atoms with E-state index in [0.717, 1.165) is 18.4 Å². The molecule has 0 saturated carbocycles. The van der Waals surface area contributed by atoms with Gasteiger partial charge in [0.1, 0.15) is 12.1 Å². The van der Waals surface area contributed by atoms with Crippen molar-refractivity contribution >= 4 is 17.8 Å². The largest absolute Gasteiger partial charge is 0.480 e. The number of aliphatic carboxylic acids is 1. The van der Waals surface area contributed by atoms with Gasteiger partial charge in [-0.2, -0.15) is 0 Å². The van der Waals surface area contributed by atoms with Gasteiger partial charge in [0.05, 0.1) is 18.2 Å². The molecule has 1 aromatic rings. The third-order valence-electron chi connectivity index (χ3n) is 6.46. The normalized spacial score (nSPS) is 24.8. The second-order valence-corrected chi connectivity index (χ2v) is 8.69. The molecule has 2 N–H and O–H groups in total. The fourth-order valence-corrected chi connectivity index (χ4v) is 4.73. The van der Waals surface area contributed by atoms with E-state index in [4.69, 9.17) is 9.47 Å². The van der Waals surface area contributed by atoms with Crippen LogP contribution in [0.1, 0.15) is 51.5 Å². The van der Waals surface area contributed by atoms with Gasteiger partial charge in [-0.15, -0.1) is 0 Å². The van der Waals surface area contributed by atoms with Gasteiger partial charge >= 0.3 is 11.9 Å². The second-order valence-electron chi connectivity index (χ2n) is 8.69. The van der Waals surface area contributed by atoms with Crippen LogP contribution in [0.5, 0.6) is 0 Å². The minimum Gasteiger partial charge on any atom is -0.480 e. The van der Waals surface area contributed by atoms with E-state index in [2.05, 4.69) is 5.32 Å². The Labute approximate surface area is 189 Å². The highest BCUT2D eigenvalue weighted by Crippen LogP contribution is 2.38. The molecule has 4 atom stereocenters. The minimum atomic E-state index is -1.02. The van der Waals surface area contributed by atoms with Crippen LogP contribution >= 0.6 is 0 Å². The summed E-state index contributed by atoms with van der Waals surface area (Å²) in [5.74, 6) is -1.75. The van der Waals surface area contributed by atoms with Gasteiger partial charge in [-0.3, -0.25) is 14.9 Å². The maximum Gasteiger partial charge on any atom is 0.326 e. The fraction of sp³-hybridized carbons (Fsp3) is 0.625. The third-order valence-corrected chi connectivity index (χ3v) is 6.46. The molecule has 0 aromatic heterocycles. The van der Waals surface area contributed by atoms with Crippen molar-refractivity contribution in [1.82, 2.24) is 10.2 Å². The van der Waals surface area contributed by atoms with Gasteiger partial charge < -0.3 is 19.5 Å². The van der Waals surface area contributed by atoms with Crippen LogP contribution in [-0.2, 0) is 30.3 Å². The lowest BCUT2D eigenvalue weighted by Gasteiger charge is -2.43. The first-order chi connectivity index (χ1) is 15.3. The van der Waals surface area contributed by atoms with Crippen LogP contribution in [0.2, 0.25) is 0 Å². The van der Waals surface area contributed by atoms with Crippen LogP contribution in [0.15, 0.2) is 30.3 Å². The van der Waals surface area contributed by atoms with Gasteiger partial charge in [-0.05, 0) is 51.5 Å². The monoisotopic (exact) mass is 446 g/mol. The lowest BCUT2D eigenvalue weighted by molar-refractivity contribution is -0.161. The number of carbonyl (C=O) groups excluding carboxylic acids is 2. The number of amides is 1. The number of carboxylic acid groups (broad SMARTS) is 1. The van der Waals surface area contributed by atoms with Gasteiger partial charge in [-0.25, -0.2) is 4.79 Å². The smallest absolute Gasteiger partial charge is 0.326 e. The number of piperidine rings is 1. The molecule has 2 aliphatic heterocycles. The summed E-state index contributed by atoms with van der Waals surface area (Å²) < 4.78 is 11.1. The predicted molar refractivity (Wildman–Crippen MR) is 118 cm³/mol. The van der Waals surface area contributed by atoms with Gasteiger partial charge in [0.2, 0.25) is 5.91 Å². The number of hydrogen-bond donors (Lipinski definition) is 2. The Hall–Kier alpha value is -2.45. The number of nitrogens with one attached hydrogen (secondary N) is 1. The second kappa shape index (κ2) is 10.9. The van der Waals surface area contributed by atoms with E-state index < -0.39 is 35.7 Å². The maximum absolute atomic E-state index is 13.2. The van der Waals surface area contributed by atoms with Crippen LogP contribution in [0.25, 0.3) is 0 Å². The zero-order chi connectivity index (χ0) is 23.1. The molecule has 2 saturated heterocycles. The summed E-state index contributed by atoms with van der Waals surface area (Å²) in [7, 11) is 0. The van der Waals surface area contributed by atoms with E-state index in [1.165, 1.54) is 4.90 Å². The molecule has 1 aromatic carbocycles. The van der Waals surface area contributed by atoms with Crippen molar-refractivity contribution in [3.05, 3.63) is 35.9 Å². The van der Waals surface area contributed by atoms with E-state index >= 15 is 0 Å². The molecule has 0 bridgehead atoms. The van der Waals surface area contributed by atoms with Crippen molar-refractivity contribution < 1.29 is 29.0 Å². The highest BCUT2D eigenvalue weighted by Gasteiger charge is 2.47. The zero-order valence-electron chi connectivity index (χ0n) is 18.9. The molecular weight excluding hydrogens is 412 g/mol. The Kier molecular flexibility index (Phi) is 8.26. The molecule has 0 radical (unpaired) electrons. The molecule has 32 heavy (non-hydrogen) atoms. The zero-order valence-corrected chi connectivity index (χ0v) is 18.9. The standard InChI is InChI=1S/C24H34N2O6/c1-3-31-23(30)19(11-10-18-8-5-4-6-9-18)25-17(2)21(27)26-14-13-24(12-7-15-32-24)16-20(26)22(28)29/h4-6,8-9,17,19-20,25H,3,7,10-16H2,1-2H3,(H,28,29)/t17?,19-,20-,24?/m0/s1. The first kappa shape index (κ1) is 24.2. The van der Waals surface area contributed by atoms with Crippen LogP contribution in [0, 0.1) is 0 Å². The quantitative estimate of drug-likeness (QED) is 0.560. The van der Waals surface area contributed by atoms with Crippen LogP contribution in [-0.4, -0.2) is 71.3 Å². The molecule has 2 aliphatic rings. The SMILES string of the molecule is CCOC(=O)[C@H](CCc1ccccc1)NC(C)C(=O)N1CCC2(CCCO2)C[C@H]1C(=O)O. The summed E-state index contributed by atoms with van der Waals surface area (Å²) in [6, 6.07) is 7.49. The molecule has 8 heteroatoms. The van der Waals surface area contributed by atoms with Crippen molar-refractivity contribution in [2.75, 3.05) is 19.8 Å². The Morgan fingerprint density at radius 1 is 1.28 bits per heavy atom. The molecule has 8 nitrogen and oxygen atoms in total. The highest BCUT2D eigenvalue weighted by atomic mass is 16.5. The van der Waals surface area contributed by atoms with Crippen LogP contribution < -0.4 is 5.32 Å². The minimum absolute atomic E-state index is 0.250. The number of aryl methyl sites for hydroxylation is 1. The molecular formula is C24H34N2O6. The number of ether oxygens (including phenoxy) is 2. The van der Waals surface area contributed by atoms with Crippen molar-refractivity contribution in [2.24, 2.45) is 0 Å². The van der Waals surface area contributed by atoms with E-state index in [-0.39, 0.29) is 12.5 Å². The Bertz CT molecular complexity index is 793. The van der Waals surface area contributed by atoms with Crippen molar-refractivity contribution in [2.45, 2.75) is 76.1 Å². The molecule has 2 heterocycles. The van der Waals surface area contributed by atoms with Gasteiger partial charge in [0.25, 0.3) is 0 Å². The van der Waals surface area contributed by atoms with Crippen molar-refractivity contribution in [3.8, 4) is 0 Å². The average Bonchev–Trinajstić information content (AvgIpc) is 3.24. The number of likely N-dealkylation sites (tertiary alicyclic amines) is 1. The molecule has 176 valence electrons. The Morgan fingerprint density at radius 3 is 2.66 bits per heavy atom. The number of hydrogen-bond acceptors (Lipinski definition) is 6. The van der Waals surface area contributed by atoms with Gasteiger partial charge in [-0.1, -0.05) is 30.3 Å². The topological polar surface area (TPSA) is 105 Å². The number of nitrogens with zero attached hydrogens (tertiary/aromatic N) is 1. The first-order valence-electron chi connectivity index (χ1n) is 11.5. The number of esters is 1. The average molecular weight is 447 g/mol. The van der Waals surface area contributed by atoms with Gasteiger partial charge in [0.15, 0.2) is 0 Å². The lowest BCUT2D eigenvalue weighted by atomic mass is 9.84. The highest BCUT2D eigenvalue weighted by molar-refractivity contribution is 5.88. The van der Waals surface area contributed by atoms with Crippen molar-refractivity contribution in [3.63, 3.8) is 0 Å².